The van der Waals surface area contributed by atoms with Crippen LogP contribution in [0.15, 0.2) is 21.9 Å². The summed E-state index contributed by atoms with van der Waals surface area (Å²) in [5.41, 5.74) is -0.736. The molecule has 1 aromatic rings. The van der Waals surface area contributed by atoms with E-state index in [9.17, 15) is 9.59 Å². The molecule has 0 aliphatic heterocycles. The summed E-state index contributed by atoms with van der Waals surface area (Å²) < 4.78 is 1.46. The molecular formula is C8H11BrN2O2. The maximum Gasteiger partial charge on any atom is 0.329 e. The third-order valence-electron chi connectivity index (χ3n) is 1.68. The molecule has 13 heavy (non-hydrogen) atoms. The highest BCUT2D eigenvalue weighted by atomic mass is 79.9. The van der Waals surface area contributed by atoms with E-state index >= 15 is 0 Å². The van der Waals surface area contributed by atoms with E-state index < -0.39 is 0 Å². The van der Waals surface area contributed by atoms with Crippen molar-refractivity contribution in [3.63, 3.8) is 0 Å². The zero-order valence-electron chi connectivity index (χ0n) is 7.29. The lowest BCUT2D eigenvalue weighted by atomic mass is 10.3. The lowest BCUT2D eigenvalue weighted by Gasteiger charge is -2.10. The van der Waals surface area contributed by atoms with Gasteiger partial charge in [-0.1, -0.05) is 29.3 Å². The summed E-state index contributed by atoms with van der Waals surface area (Å²) in [6, 6.07) is 1.34. The number of H-pyrrole nitrogens is 1. The van der Waals surface area contributed by atoms with Crippen LogP contribution in [0.3, 0.4) is 0 Å². The Labute approximate surface area is 83.7 Å². The zero-order chi connectivity index (χ0) is 9.84. The molecule has 0 radical (unpaired) electrons. The molecule has 0 saturated carbocycles. The maximum absolute atomic E-state index is 11.2. The quantitative estimate of drug-likeness (QED) is 0.816. The third kappa shape index (κ3) is 2.55. The lowest BCUT2D eigenvalue weighted by molar-refractivity contribution is 0.590. The smallest absolute Gasteiger partial charge is 0.287 e. The van der Waals surface area contributed by atoms with Gasteiger partial charge in [0, 0.05) is 12.3 Å². The van der Waals surface area contributed by atoms with Crippen molar-refractivity contribution in [1.82, 2.24) is 9.55 Å². The predicted molar refractivity (Wildman–Crippen MR) is 54.2 cm³/mol. The molecule has 0 amide bonds. The van der Waals surface area contributed by atoms with Gasteiger partial charge in [-0.2, -0.15) is 0 Å². The van der Waals surface area contributed by atoms with E-state index in [4.69, 9.17) is 0 Å². The highest BCUT2D eigenvalue weighted by Gasteiger charge is 2.06. The summed E-state index contributed by atoms with van der Waals surface area (Å²) in [6.07, 6.45) is 3.32. The number of halogens is 1. The first-order valence-electron chi connectivity index (χ1n) is 4.10. The van der Waals surface area contributed by atoms with Gasteiger partial charge in [0.15, 0.2) is 0 Å². The van der Waals surface area contributed by atoms with Crippen molar-refractivity contribution in [2.45, 2.75) is 24.7 Å². The monoisotopic (exact) mass is 246 g/mol. The maximum atomic E-state index is 11.2. The number of aromatic nitrogens is 2. The Bertz CT molecular complexity index is 382. The summed E-state index contributed by atoms with van der Waals surface area (Å²) in [4.78, 5) is 24.1. The molecule has 5 heteroatoms. The molecule has 1 atom stereocenters. The predicted octanol–water partition coefficient (Wildman–Crippen LogP) is 1.23. The average Bonchev–Trinajstić information content (AvgIpc) is 2.04. The van der Waals surface area contributed by atoms with Crippen LogP contribution in [0, 0.1) is 0 Å². The number of nitrogens with zero attached hydrogens (tertiary/aromatic N) is 1. The Morgan fingerprint density at radius 2 is 2.31 bits per heavy atom. The molecule has 0 bridgehead atoms. The zero-order valence-corrected chi connectivity index (χ0v) is 8.87. The molecule has 1 aromatic heterocycles. The Morgan fingerprint density at radius 3 is 2.85 bits per heavy atom. The molecule has 1 unspecified atom stereocenters. The second kappa shape index (κ2) is 4.41. The van der Waals surface area contributed by atoms with Gasteiger partial charge in [-0.15, -0.1) is 0 Å². The van der Waals surface area contributed by atoms with Crippen LogP contribution in [0.2, 0.25) is 0 Å². The highest BCUT2D eigenvalue weighted by Crippen LogP contribution is 2.17. The van der Waals surface area contributed by atoms with Crippen LogP contribution in [0.4, 0.5) is 0 Å². The molecule has 0 aliphatic rings. The Hall–Kier alpha value is -0.840. The first-order chi connectivity index (χ1) is 6.15. The van der Waals surface area contributed by atoms with E-state index in [-0.39, 0.29) is 16.2 Å². The third-order valence-corrected chi connectivity index (χ3v) is 2.58. The van der Waals surface area contributed by atoms with E-state index in [2.05, 4.69) is 20.9 Å². The molecule has 1 N–H and O–H groups in total. The molecule has 0 spiro atoms. The van der Waals surface area contributed by atoms with Gasteiger partial charge in [-0.3, -0.25) is 14.3 Å². The minimum Gasteiger partial charge on any atom is -0.287 e. The van der Waals surface area contributed by atoms with Crippen molar-refractivity contribution in [2.75, 3.05) is 0 Å². The molecule has 0 saturated heterocycles. The number of alkyl halides is 1. The summed E-state index contributed by atoms with van der Waals surface area (Å²) in [7, 11) is 0. The topological polar surface area (TPSA) is 54.9 Å². The fourth-order valence-electron chi connectivity index (χ4n) is 1.03. The van der Waals surface area contributed by atoms with Crippen LogP contribution in [-0.4, -0.2) is 9.55 Å². The first-order valence-corrected chi connectivity index (χ1v) is 5.02. The van der Waals surface area contributed by atoms with E-state index in [0.717, 1.165) is 12.8 Å². The Morgan fingerprint density at radius 1 is 1.62 bits per heavy atom. The number of rotatable bonds is 3. The minimum atomic E-state index is -0.372. The van der Waals surface area contributed by atoms with Gasteiger partial charge in [0.25, 0.3) is 5.56 Å². The second-order valence-electron chi connectivity index (χ2n) is 2.74. The fraction of sp³-hybridized carbons (Fsp3) is 0.500. The number of nitrogens with one attached hydrogen (secondary N) is 1. The molecule has 0 aromatic carbocycles. The van der Waals surface area contributed by atoms with E-state index in [0.29, 0.717) is 0 Å². The van der Waals surface area contributed by atoms with Crippen molar-refractivity contribution in [3.05, 3.63) is 33.1 Å². The Kier molecular flexibility index (Phi) is 3.48. The van der Waals surface area contributed by atoms with Crippen LogP contribution in [0.5, 0.6) is 0 Å². The molecule has 1 rings (SSSR count). The molecule has 72 valence electrons. The first kappa shape index (κ1) is 10.2. The van der Waals surface area contributed by atoms with Gasteiger partial charge in [-0.25, -0.2) is 4.79 Å². The van der Waals surface area contributed by atoms with Gasteiger partial charge in [-0.05, 0) is 6.42 Å². The number of hydrogen-bond acceptors (Lipinski definition) is 2. The molecular weight excluding hydrogens is 236 g/mol. The van der Waals surface area contributed by atoms with Gasteiger partial charge < -0.3 is 0 Å². The molecule has 0 aliphatic carbocycles. The van der Waals surface area contributed by atoms with Gasteiger partial charge in [0.1, 0.15) is 0 Å². The molecule has 1 heterocycles. The number of aromatic amines is 1. The van der Waals surface area contributed by atoms with Crippen molar-refractivity contribution in [1.29, 1.82) is 0 Å². The molecule has 4 nitrogen and oxygen atoms in total. The van der Waals surface area contributed by atoms with E-state index in [1.165, 1.54) is 16.8 Å². The fourth-order valence-corrected chi connectivity index (χ4v) is 1.81. The van der Waals surface area contributed by atoms with Crippen molar-refractivity contribution < 1.29 is 0 Å². The largest absolute Gasteiger partial charge is 0.329 e. The second-order valence-corrected chi connectivity index (χ2v) is 3.80. The van der Waals surface area contributed by atoms with Crippen molar-refractivity contribution >= 4 is 15.9 Å². The van der Waals surface area contributed by atoms with E-state index in [1.807, 2.05) is 6.92 Å². The summed E-state index contributed by atoms with van der Waals surface area (Å²) >= 11 is 3.36. The lowest BCUT2D eigenvalue weighted by Crippen LogP contribution is -2.29. The van der Waals surface area contributed by atoms with E-state index in [1.54, 1.807) is 0 Å². The molecule has 0 fully saturated rings. The van der Waals surface area contributed by atoms with Crippen LogP contribution in [0.25, 0.3) is 0 Å². The summed E-state index contributed by atoms with van der Waals surface area (Å²) in [5.74, 6) is 0. The van der Waals surface area contributed by atoms with Crippen molar-refractivity contribution in [2.24, 2.45) is 0 Å². The van der Waals surface area contributed by atoms with Crippen LogP contribution >= 0.6 is 15.9 Å². The van der Waals surface area contributed by atoms with Gasteiger partial charge in [0.05, 0.1) is 4.95 Å². The van der Waals surface area contributed by atoms with Gasteiger partial charge in [0.2, 0.25) is 0 Å². The Balaban J connectivity index is 3.02. The van der Waals surface area contributed by atoms with Crippen LogP contribution in [0.1, 0.15) is 24.7 Å². The normalized spacial score (nSPS) is 12.8. The SMILES string of the molecule is CCCC(Br)n1ccc(=O)[nH]c1=O. The highest BCUT2D eigenvalue weighted by molar-refractivity contribution is 9.09. The minimum absolute atomic E-state index is 0.0400. The summed E-state index contributed by atoms with van der Waals surface area (Å²) in [5, 5.41) is 0. The average molecular weight is 247 g/mol. The number of hydrogen-bond donors (Lipinski definition) is 1. The van der Waals surface area contributed by atoms with Crippen LogP contribution < -0.4 is 11.2 Å². The van der Waals surface area contributed by atoms with Crippen molar-refractivity contribution in [3.8, 4) is 0 Å². The standard InChI is InChI=1S/C8H11BrN2O2/c1-2-3-6(9)11-5-4-7(12)10-8(11)13/h4-6H,2-3H2,1H3,(H,10,12,13). The van der Waals surface area contributed by atoms with Gasteiger partial charge >= 0.3 is 5.69 Å². The summed E-state index contributed by atoms with van der Waals surface area (Å²) in [6.45, 7) is 2.03. The van der Waals surface area contributed by atoms with Crippen LogP contribution in [-0.2, 0) is 0 Å².